The SMILES string of the molecule is CCCNC1COCC1C(=O)NCc1cccs1. The van der Waals surface area contributed by atoms with Gasteiger partial charge in [-0.25, -0.2) is 0 Å². The minimum Gasteiger partial charge on any atom is -0.379 e. The van der Waals surface area contributed by atoms with Gasteiger partial charge < -0.3 is 15.4 Å². The first-order valence-corrected chi connectivity index (χ1v) is 7.30. The molecule has 0 bridgehead atoms. The number of hydrogen-bond acceptors (Lipinski definition) is 4. The number of thiophene rings is 1. The standard InChI is InChI=1S/C13H20N2O2S/c1-2-5-14-12-9-17-8-11(12)13(16)15-7-10-4-3-6-18-10/h3-4,6,11-12,14H,2,5,7-9H2,1H3,(H,15,16). The van der Waals surface area contributed by atoms with E-state index >= 15 is 0 Å². The maximum absolute atomic E-state index is 12.1. The topological polar surface area (TPSA) is 50.4 Å². The number of nitrogens with one attached hydrogen (secondary N) is 2. The summed E-state index contributed by atoms with van der Waals surface area (Å²) >= 11 is 1.66. The number of amides is 1. The average molecular weight is 268 g/mol. The van der Waals surface area contributed by atoms with Crippen molar-refractivity contribution in [3.63, 3.8) is 0 Å². The van der Waals surface area contributed by atoms with Crippen molar-refractivity contribution < 1.29 is 9.53 Å². The highest BCUT2D eigenvalue weighted by Gasteiger charge is 2.33. The lowest BCUT2D eigenvalue weighted by Gasteiger charge is -2.18. The fourth-order valence-corrected chi connectivity index (χ4v) is 2.71. The molecule has 1 aliphatic rings. The monoisotopic (exact) mass is 268 g/mol. The van der Waals surface area contributed by atoms with E-state index in [1.807, 2.05) is 17.5 Å². The van der Waals surface area contributed by atoms with Crippen molar-refractivity contribution in [3.8, 4) is 0 Å². The Morgan fingerprint density at radius 3 is 3.17 bits per heavy atom. The van der Waals surface area contributed by atoms with E-state index < -0.39 is 0 Å². The van der Waals surface area contributed by atoms with Crippen LogP contribution < -0.4 is 10.6 Å². The average Bonchev–Trinajstić information content (AvgIpc) is 3.04. The molecule has 1 aromatic heterocycles. The molecule has 1 amide bonds. The first-order chi connectivity index (χ1) is 8.81. The van der Waals surface area contributed by atoms with E-state index in [-0.39, 0.29) is 17.9 Å². The fraction of sp³-hybridized carbons (Fsp3) is 0.615. The van der Waals surface area contributed by atoms with E-state index in [1.54, 1.807) is 11.3 Å². The predicted octanol–water partition coefficient (Wildman–Crippen LogP) is 1.38. The lowest BCUT2D eigenvalue weighted by molar-refractivity contribution is -0.125. The van der Waals surface area contributed by atoms with Gasteiger partial charge in [0, 0.05) is 10.9 Å². The molecular formula is C13H20N2O2S. The molecule has 2 rings (SSSR count). The Hall–Kier alpha value is -0.910. The highest BCUT2D eigenvalue weighted by Crippen LogP contribution is 2.15. The largest absolute Gasteiger partial charge is 0.379 e. The Morgan fingerprint density at radius 1 is 1.56 bits per heavy atom. The molecule has 0 saturated carbocycles. The first-order valence-electron chi connectivity index (χ1n) is 6.42. The summed E-state index contributed by atoms with van der Waals surface area (Å²) in [4.78, 5) is 13.3. The van der Waals surface area contributed by atoms with Crippen LogP contribution in [0.3, 0.4) is 0 Å². The van der Waals surface area contributed by atoms with Gasteiger partial charge in [-0.1, -0.05) is 13.0 Å². The lowest BCUT2D eigenvalue weighted by Crippen LogP contribution is -2.43. The second kappa shape index (κ2) is 6.87. The molecule has 0 aliphatic carbocycles. The quantitative estimate of drug-likeness (QED) is 0.819. The van der Waals surface area contributed by atoms with E-state index in [0.717, 1.165) is 13.0 Å². The van der Waals surface area contributed by atoms with Crippen LogP contribution in [0.25, 0.3) is 0 Å². The van der Waals surface area contributed by atoms with Crippen molar-refractivity contribution in [1.82, 2.24) is 10.6 Å². The second-order valence-electron chi connectivity index (χ2n) is 4.50. The summed E-state index contributed by atoms with van der Waals surface area (Å²) < 4.78 is 5.40. The van der Waals surface area contributed by atoms with Crippen molar-refractivity contribution in [2.75, 3.05) is 19.8 Å². The van der Waals surface area contributed by atoms with Crippen molar-refractivity contribution in [2.45, 2.75) is 25.9 Å². The third kappa shape index (κ3) is 3.54. The molecule has 100 valence electrons. The number of carbonyl (C=O) groups excluding carboxylic acids is 1. The second-order valence-corrected chi connectivity index (χ2v) is 5.53. The zero-order valence-electron chi connectivity index (χ0n) is 10.6. The number of rotatable bonds is 6. The molecule has 2 N–H and O–H groups in total. The van der Waals surface area contributed by atoms with Crippen molar-refractivity contribution >= 4 is 17.2 Å². The number of ether oxygens (including phenoxy) is 1. The summed E-state index contributed by atoms with van der Waals surface area (Å²) in [5.74, 6) is 0.0333. The zero-order chi connectivity index (χ0) is 12.8. The van der Waals surface area contributed by atoms with Crippen LogP contribution in [0.2, 0.25) is 0 Å². The van der Waals surface area contributed by atoms with E-state index in [9.17, 15) is 4.79 Å². The fourth-order valence-electron chi connectivity index (χ4n) is 2.06. The molecule has 0 spiro atoms. The minimum absolute atomic E-state index is 0.0588. The van der Waals surface area contributed by atoms with Crippen LogP contribution >= 0.6 is 11.3 Å². The molecule has 2 heterocycles. The number of hydrogen-bond donors (Lipinski definition) is 2. The van der Waals surface area contributed by atoms with Crippen molar-refractivity contribution in [3.05, 3.63) is 22.4 Å². The van der Waals surface area contributed by atoms with E-state index in [4.69, 9.17) is 4.74 Å². The summed E-state index contributed by atoms with van der Waals surface area (Å²) in [7, 11) is 0. The Kier molecular flexibility index (Phi) is 5.16. The zero-order valence-corrected chi connectivity index (χ0v) is 11.5. The maximum Gasteiger partial charge on any atom is 0.227 e. The molecule has 2 unspecified atom stereocenters. The molecular weight excluding hydrogens is 248 g/mol. The Labute approximate surface area is 112 Å². The molecule has 1 aromatic rings. The molecule has 0 aromatic carbocycles. The maximum atomic E-state index is 12.1. The summed E-state index contributed by atoms with van der Waals surface area (Å²) in [6, 6.07) is 4.19. The van der Waals surface area contributed by atoms with Gasteiger partial charge in [0.2, 0.25) is 5.91 Å². The van der Waals surface area contributed by atoms with Crippen molar-refractivity contribution in [1.29, 1.82) is 0 Å². The highest BCUT2D eigenvalue weighted by atomic mass is 32.1. The molecule has 4 nitrogen and oxygen atoms in total. The Morgan fingerprint density at radius 2 is 2.44 bits per heavy atom. The third-order valence-corrected chi connectivity index (χ3v) is 3.97. The lowest BCUT2D eigenvalue weighted by atomic mass is 10.0. The van der Waals surface area contributed by atoms with Crippen LogP contribution in [0.5, 0.6) is 0 Å². The van der Waals surface area contributed by atoms with Crippen molar-refractivity contribution in [2.24, 2.45) is 5.92 Å². The number of carbonyl (C=O) groups is 1. The van der Waals surface area contributed by atoms with Gasteiger partial charge in [0.1, 0.15) is 0 Å². The van der Waals surface area contributed by atoms with Gasteiger partial charge in [0.25, 0.3) is 0 Å². The van der Waals surface area contributed by atoms with Gasteiger partial charge >= 0.3 is 0 Å². The highest BCUT2D eigenvalue weighted by molar-refractivity contribution is 7.09. The molecule has 5 heteroatoms. The molecule has 1 aliphatic heterocycles. The molecule has 1 saturated heterocycles. The summed E-state index contributed by atoms with van der Waals surface area (Å²) in [6.45, 7) is 4.83. The molecule has 0 radical (unpaired) electrons. The van der Waals surface area contributed by atoms with Gasteiger partial charge in [-0.3, -0.25) is 4.79 Å². The third-order valence-electron chi connectivity index (χ3n) is 3.09. The Bertz CT molecular complexity index is 367. The Balaban J connectivity index is 1.80. The van der Waals surface area contributed by atoms with Crippen LogP contribution in [0.4, 0.5) is 0 Å². The molecule has 18 heavy (non-hydrogen) atoms. The van der Waals surface area contributed by atoms with E-state index in [0.29, 0.717) is 19.8 Å². The smallest absolute Gasteiger partial charge is 0.227 e. The van der Waals surface area contributed by atoms with Gasteiger partial charge in [0.05, 0.1) is 25.7 Å². The van der Waals surface area contributed by atoms with Crippen LogP contribution in [0.1, 0.15) is 18.2 Å². The summed E-state index contributed by atoms with van der Waals surface area (Å²) in [5, 5.41) is 8.38. The summed E-state index contributed by atoms with van der Waals surface area (Å²) in [5.41, 5.74) is 0. The van der Waals surface area contributed by atoms with Crippen LogP contribution in [0.15, 0.2) is 17.5 Å². The predicted molar refractivity (Wildman–Crippen MR) is 72.6 cm³/mol. The first kappa shape index (κ1) is 13.5. The van der Waals surface area contributed by atoms with Gasteiger partial charge in [0.15, 0.2) is 0 Å². The van der Waals surface area contributed by atoms with Gasteiger partial charge in [-0.05, 0) is 24.4 Å². The summed E-state index contributed by atoms with van der Waals surface area (Å²) in [6.07, 6.45) is 1.07. The van der Waals surface area contributed by atoms with Crippen LogP contribution in [-0.4, -0.2) is 31.7 Å². The van der Waals surface area contributed by atoms with Crippen LogP contribution in [-0.2, 0) is 16.1 Å². The minimum atomic E-state index is -0.0588. The molecule has 1 fully saturated rings. The van der Waals surface area contributed by atoms with Gasteiger partial charge in [-0.2, -0.15) is 0 Å². The van der Waals surface area contributed by atoms with E-state index in [1.165, 1.54) is 4.88 Å². The molecule has 2 atom stereocenters. The van der Waals surface area contributed by atoms with Crippen LogP contribution in [0, 0.1) is 5.92 Å². The normalized spacial score (nSPS) is 23.2. The van der Waals surface area contributed by atoms with E-state index in [2.05, 4.69) is 17.6 Å². The van der Waals surface area contributed by atoms with Gasteiger partial charge in [-0.15, -0.1) is 11.3 Å².